The topological polar surface area (TPSA) is 0 Å². The van der Waals surface area contributed by atoms with Crippen molar-refractivity contribution < 1.29 is 30.7 Å². The molecule has 0 aromatic heterocycles. The predicted octanol–water partition coefficient (Wildman–Crippen LogP) is 5.91. The third-order valence-electron chi connectivity index (χ3n) is 2.36. The van der Waals surface area contributed by atoms with Crippen molar-refractivity contribution >= 4 is 39.1 Å². The zero-order chi connectivity index (χ0) is 16.0. The molecule has 0 bridgehead atoms. The average molecular weight is 408 g/mol. The highest BCUT2D eigenvalue weighted by Crippen LogP contribution is 2.59. The highest BCUT2D eigenvalue weighted by Gasteiger charge is 2.79. The Hall–Kier alpha value is -0.210. The molecule has 0 spiro atoms. The Balaban J connectivity index is 3.44. The fraction of sp³-hybridized carbons (Fsp3) is 0.400. The fourth-order valence-corrected chi connectivity index (χ4v) is 2.03. The maximum atomic E-state index is 13.7. The molecule has 1 rings (SSSR count). The zero-order valence-electron chi connectivity index (χ0n) is 9.09. The van der Waals surface area contributed by atoms with E-state index in [1.807, 2.05) is 0 Å². The van der Waals surface area contributed by atoms with Gasteiger partial charge in [0.05, 0.1) is 0 Å². The summed E-state index contributed by atoms with van der Waals surface area (Å²) in [6, 6.07) is 3.61. The lowest BCUT2D eigenvalue weighted by molar-refractivity contribution is -0.285. The van der Waals surface area contributed by atoms with Crippen molar-refractivity contribution in [3.63, 3.8) is 0 Å². The van der Waals surface area contributed by atoms with Crippen LogP contribution in [0.3, 0.4) is 0 Å². The Morgan fingerprint density at radius 2 is 1.30 bits per heavy atom. The molecular formula is C10H4BrCl2F7. The van der Waals surface area contributed by atoms with E-state index in [1.54, 1.807) is 0 Å². The first-order chi connectivity index (χ1) is 8.77. The third-order valence-corrected chi connectivity index (χ3v) is 3.88. The number of hydrogen-bond acceptors (Lipinski definition) is 0. The number of hydrogen-bond donors (Lipinski definition) is 0. The Morgan fingerprint density at radius 3 is 1.70 bits per heavy atom. The lowest BCUT2D eigenvalue weighted by Crippen LogP contribution is -2.58. The SMILES string of the molecule is FC(F)(Cl)C(F)(Cl)C(F)(F)C(F)(F)c1ccccc1Br. The van der Waals surface area contributed by atoms with Crippen LogP contribution in [0.2, 0.25) is 0 Å². The van der Waals surface area contributed by atoms with Crippen LogP contribution in [0.25, 0.3) is 0 Å². The van der Waals surface area contributed by atoms with Crippen molar-refractivity contribution in [2.75, 3.05) is 0 Å². The summed E-state index contributed by atoms with van der Waals surface area (Å²) in [4.78, 5) is 0. The van der Waals surface area contributed by atoms with Gasteiger partial charge in [0.15, 0.2) is 0 Å². The van der Waals surface area contributed by atoms with Gasteiger partial charge in [-0.15, -0.1) is 0 Å². The van der Waals surface area contributed by atoms with E-state index in [1.165, 1.54) is 6.07 Å². The molecular weight excluding hydrogens is 404 g/mol. The molecule has 1 unspecified atom stereocenters. The normalized spacial score (nSPS) is 16.9. The summed E-state index contributed by atoms with van der Waals surface area (Å²) < 4.78 is 92.4. The van der Waals surface area contributed by atoms with Gasteiger partial charge in [0.2, 0.25) is 0 Å². The van der Waals surface area contributed by atoms with Crippen LogP contribution < -0.4 is 0 Å². The minimum absolute atomic E-state index is 0.511. The third kappa shape index (κ3) is 2.62. The Kier molecular flexibility index (Phi) is 4.65. The standard InChI is InChI=1S/C10H4BrCl2F7/c11-6-4-2-1-3-5(6)7(14,15)9(17,18)8(12,16)10(13,19)20/h1-4H. The Morgan fingerprint density at radius 1 is 0.850 bits per heavy atom. The maximum absolute atomic E-state index is 13.7. The van der Waals surface area contributed by atoms with E-state index in [9.17, 15) is 30.7 Å². The number of rotatable bonds is 4. The molecule has 20 heavy (non-hydrogen) atoms. The highest BCUT2D eigenvalue weighted by atomic mass is 79.9. The van der Waals surface area contributed by atoms with Crippen molar-refractivity contribution in [2.24, 2.45) is 0 Å². The molecule has 0 aliphatic heterocycles. The lowest BCUT2D eigenvalue weighted by Gasteiger charge is -2.36. The molecule has 0 saturated heterocycles. The molecule has 1 atom stereocenters. The van der Waals surface area contributed by atoms with Crippen LogP contribution in [0.5, 0.6) is 0 Å². The summed E-state index contributed by atoms with van der Waals surface area (Å²) in [5.74, 6) is -11.3. The second kappa shape index (κ2) is 5.21. The van der Waals surface area contributed by atoms with Crippen molar-refractivity contribution in [2.45, 2.75) is 22.4 Å². The van der Waals surface area contributed by atoms with Gasteiger partial charge in [-0.3, -0.25) is 0 Å². The van der Waals surface area contributed by atoms with Crippen LogP contribution in [0.15, 0.2) is 28.7 Å². The molecule has 0 amide bonds. The molecule has 0 aliphatic rings. The van der Waals surface area contributed by atoms with E-state index < -0.39 is 32.4 Å². The fourth-order valence-electron chi connectivity index (χ4n) is 1.26. The molecule has 10 heteroatoms. The molecule has 1 aromatic rings. The summed E-state index contributed by atoms with van der Waals surface area (Å²) in [7, 11) is 0. The van der Waals surface area contributed by atoms with Crippen molar-refractivity contribution in [3.05, 3.63) is 34.3 Å². The second-order valence-electron chi connectivity index (χ2n) is 3.70. The molecule has 0 fully saturated rings. The van der Waals surface area contributed by atoms with Gasteiger partial charge in [-0.1, -0.05) is 45.7 Å². The summed E-state index contributed by atoms with van der Waals surface area (Å²) in [5, 5.41) is -10.9. The van der Waals surface area contributed by atoms with Crippen LogP contribution in [-0.2, 0) is 5.92 Å². The van der Waals surface area contributed by atoms with Gasteiger partial charge in [-0.2, -0.15) is 26.3 Å². The molecule has 1 aromatic carbocycles. The van der Waals surface area contributed by atoms with Crippen LogP contribution in [-0.4, -0.2) is 16.4 Å². The van der Waals surface area contributed by atoms with Gasteiger partial charge in [0, 0.05) is 10.0 Å². The van der Waals surface area contributed by atoms with E-state index in [2.05, 4.69) is 39.1 Å². The van der Waals surface area contributed by atoms with Crippen molar-refractivity contribution in [1.82, 2.24) is 0 Å². The smallest absolute Gasteiger partial charge is 0.211 e. The summed E-state index contributed by atoms with van der Waals surface area (Å²) in [6.07, 6.45) is 0. The minimum Gasteiger partial charge on any atom is -0.211 e. The van der Waals surface area contributed by atoms with Crippen LogP contribution >= 0.6 is 39.1 Å². The summed E-state index contributed by atoms with van der Waals surface area (Å²) >= 11 is 10.9. The van der Waals surface area contributed by atoms with E-state index in [0.717, 1.165) is 12.1 Å². The molecule has 0 heterocycles. The van der Waals surface area contributed by atoms with Gasteiger partial charge in [-0.05, 0) is 17.7 Å². The quantitative estimate of drug-likeness (QED) is 0.429. The van der Waals surface area contributed by atoms with Gasteiger partial charge in [0.25, 0.3) is 0 Å². The number of benzene rings is 1. The Bertz CT molecular complexity index is 499. The van der Waals surface area contributed by atoms with E-state index >= 15 is 0 Å². The van der Waals surface area contributed by atoms with Crippen LogP contribution in [0.1, 0.15) is 5.56 Å². The van der Waals surface area contributed by atoms with E-state index in [-0.39, 0.29) is 0 Å². The number of halogens is 10. The molecule has 0 saturated carbocycles. The maximum Gasteiger partial charge on any atom is 0.375 e. The van der Waals surface area contributed by atoms with Crippen LogP contribution in [0, 0.1) is 0 Å². The van der Waals surface area contributed by atoms with Gasteiger partial charge >= 0.3 is 22.4 Å². The van der Waals surface area contributed by atoms with Crippen molar-refractivity contribution in [3.8, 4) is 0 Å². The predicted molar refractivity (Wildman–Crippen MR) is 63.5 cm³/mol. The van der Waals surface area contributed by atoms with E-state index in [0.29, 0.717) is 6.07 Å². The first-order valence-corrected chi connectivity index (χ1v) is 6.27. The lowest BCUT2D eigenvalue weighted by atomic mass is 9.98. The molecule has 0 N–H and O–H groups in total. The molecule has 0 radical (unpaired) electrons. The molecule has 0 nitrogen and oxygen atoms in total. The highest BCUT2D eigenvalue weighted by molar-refractivity contribution is 9.10. The second-order valence-corrected chi connectivity index (χ2v) is 5.55. The van der Waals surface area contributed by atoms with Gasteiger partial charge in [-0.25, -0.2) is 4.39 Å². The first kappa shape index (κ1) is 17.8. The summed E-state index contributed by atoms with van der Waals surface area (Å²) in [6.45, 7) is 0. The Labute approximate surface area is 127 Å². The largest absolute Gasteiger partial charge is 0.375 e. The average Bonchev–Trinajstić information content (AvgIpc) is 2.27. The molecule has 0 aliphatic carbocycles. The van der Waals surface area contributed by atoms with E-state index in [4.69, 9.17) is 0 Å². The minimum atomic E-state index is -5.98. The van der Waals surface area contributed by atoms with Crippen molar-refractivity contribution in [1.29, 1.82) is 0 Å². The van der Waals surface area contributed by atoms with Crippen LogP contribution in [0.4, 0.5) is 30.7 Å². The first-order valence-electron chi connectivity index (χ1n) is 4.72. The summed E-state index contributed by atoms with van der Waals surface area (Å²) in [5.41, 5.74) is -1.41. The van der Waals surface area contributed by atoms with Gasteiger partial charge < -0.3 is 0 Å². The zero-order valence-corrected chi connectivity index (χ0v) is 12.2. The molecule has 114 valence electrons. The van der Waals surface area contributed by atoms with Gasteiger partial charge in [0.1, 0.15) is 0 Å². The number of alkyl halides is 9. The monoisotopic (exact) mass is 406 g/mol.